The minimum Gasteiger partial charge on any atom is -0.315 e. The Balaban J connectivity index is 1.32. The highest BCUT2D eigenvalue weighted by Crippen LogP contribution is 2.27. The first-order valence-corrected chi connectivity index (χ1v) is 12.9. The van der Waals surface area contributed by atoms with E-state index >= 15 is 0 Å². The van der Waals surface area contributed by atoms with Crippen molar-refractivity contribution in [3.63, 3.8) is 0 Å². The van der Waals surface area contributed by atoms with Crippen molar-refractivity contribution < 1.29 is 9.18 Å². The highest BCUT2D eigenvalue weighted by atomic mass is 79.9. The summed E-state index contributed by atoms with van der Waals surface area (Å²) in [6.45, 7) is 5.86. The number of hydrogen-bond donors (Lipinski definition) is 1. The molecule has 0 aliphatic carbocycles. The van der Waals surface area contributed by atoms with Crippen LogP contribution in [-0.4, -0.2) is 21.3 Å². The summed E-state index contributed by atoms with van der Waals surface area (Å²) in [5, 5.41) is 4.16. The Morgan fingerprint density at radius 1 is 0.868 bits per heavy atom. The normalized spacial score (nSPS) is 11.3. The summed E-state index contributed by atoms with van der Waals surface area (Å²) in [6.07, 6.45) is 1.58. The summed E-state index contributed by atoms with van der Waals surface area (Å²) >= 11 is 3.30. The lowest BCUT2D eigenvalue weighted by molar-refractivity contribution is 0.0955. The third-order valence-corrected chi connectivity index (χ3v) is 7.02. The van der Waals surface area contributed by atoms with Gasteiger partial charge in [-0.1, -0.05) is 46.3 Å². The highest BCUT2D eigenvalue weighted by molar-refractivity contribution is 9.10. The number of benzene rings is 3. The zero-order valence-electron chi connectivity index (χ0n) is 21.2. The number of nitrogens with zero attached hydrogens (tertiary/aromatic N) is 3. The lowest BCUT2D eigenvalue weighted by Gasteiger charge is -2.12. The number of hydrazone groups is 1. The first-order chi connectivity index (χ1) is 18.3. The van der Waals surface area contributed by atoms with Gasteiger partial charge < -0.3 is 9.13 Å². The Morgan fingerprint density at radius 2 is 1.61 bits per heavy atom. The second-order valence-corrected chi connectivity index (χ2v) is 9.98. The van der Waals surface area contributed by atoms with Gasteiger partial charge in [-0.15, -0.1) is 0 Å². The van der Waals surface area contributed by atoms with Gasteiger partial charge in [0.05, 0.1) is 17.6 Å². The fourth-order valence-corrected chi connectivity index (χ4v) is 4.99. The van der Waals surface area contributed by atoms with E-state index in [-0.39, 0.29) is 11.7 Å². The lowest BCUT2D eigenvalue weighted by atomic mass is 10.1. The molecular weight excluding hydrogens is 543 g/mol. The van der Waals surface area contributed by atoms with Crippen LogP contribution in [0.4, 0.5) is 4.39 Å². The number of hydrogen-bond acceptors (Lipinski definition) is 2. The monoisotopic (exact) mass is 568 g/mol. The summed E-state index contributed by atoms with van der Waals surface area (Å²) in [7, 11) is 0. The number of rotatable bonds is 6. The quantitative estimate of drug-likeness (QED) is 0.167. The predicted octanol–water partition coefficient (Wildman–Crippen LogP) is 7.53. The SMILES string of the molecule is Cc1ccc(-c2ccccc2)n1-c1ccc(C(=O)N/N=C/c2cc(C)n(-c3ccc(Br)cc3F)c2C)cc1. The van der Waals surface area contributed by atoms with E-state index in [9.17, 15) is 9.18 Å². The van der Waals surface area contributed by atoms with E-state index < -0.39 is 0 Å². The van der Waals surface area contributed by atoms with Crippen LogP contribution in [-0.2, 0) is 0 Å². The van der Waals surface area contributed by atoms with E-state index in [1.165, 1.54) is 6.07 Å². The van der Waals surface area contributed by atoms with Crippen LogP contribution >= 0.6 is 15.9 Å². The molecule has 190 valence electrons. The van der Waals surface area contributed by atoms with Crippen LogP contribution in [0, 0.1) is 26.6 Å². The number of carbonyl (C=O) groups excluding carboxylic acids is 1. The van der Waals surface area contributed by atoms with Crippen molar-refractivity contribution in [1.82, 2.24) is 14.6 Å². The van der Waals surface area contributed by atoms with E-state index in [2.05, 4.69) is 62.2 Å². The van der Waals surface area contributed by atoms with Crippen LogP contribution in [0.5, 0.6) is 0 Å². The Labute approximate surface area is 229 Å². The standard InChI is InChI=1S/C31H26BrFN4O/c1-20-9-15-29(23-7-5-4-6-8-23)37(20)27-13-10-24(11-14-27)31(38)35-34-19-25-17-21(2)36(22(25)3)30-16-12-26(32)18-28(30)33/h4-19H,1-3H3,(H,35,38)/b34-19+. The Morgan fingerprint density at radius 3 is 2.32 bits per heavy atom. The lowest BCUT2D eigenvalue weighted by Crippen LogP contribution is -2.17. The minimum atomic E-state index is -0.326. The van der Waals surface area contributed by atoms with Crippen molar-refractivity contribution in [3.05, 3.63) is 129 Å². The summed E-state index contributed by atoms with van der Waals surface area (Å²) < 4.78 is 19.2. The molecule has 2 aromatic heterocycles. The number of aromatic nitrogens is 2. The third-order valence-electron chi connectivity index (χ3n) is 6.52. The van der Waals surface area contributed by atoms with Gasteiger partial charge in [0.25, 0.3) is 5.91 Å². The zero-order valence-corrected chi connectivity index (χ0v) is 22.8. The molecule has 2 heterocycles. The molecule has 0 atom stereocenters. The van der Waals surface area contributed by atoms with Crippen LogP contribution in [0.2, 0.25) is 0 Å². The molecular formula is C31H26BrFN4O. The predicted molar refractivity (Wildman–Crippen MR) is 154 cm³/mol. The maximum Gasteiger partial charge on any atom is 0.271 e. The second kappa shape index (κ2) is 10.6. The van der Waals surface area contributed by atoms with E-state index in [0.29, 0.717) is 15.7 Å². The summed E-state index contributed by atoms with van der Waals surface area (Å²) in [5.41, 5.74) is 10.3. The number of carbonyl (C=O) groups is 1. The molecule has 5 nitrogen and oxygen atoms in total. The Hall–Kier alpha value is -4.23. The molecule has 38 heavy (non-hydrogen) atoms. The smallest absolute Gasteiger partial charge is 0.271 e. The molecule has 0 spiro atoms. The van der Waals surface area contributed by atoms with Gasteiger partial charge in [0.15, 0.2) is 0 Å². The Kier molecular flexibility index (Phi) is 7.11. The van der Waals surface area contributed by atoms with Crippen LogP contribution in [0.25, 0.3) is 22.6 Å². The number of halogens is 2. The molecule has 5 rings (SSSR count). The van der Waals surface area contributed by atoms with Gasteiger partial charge in [-0.05, 0) is 87.0 Å². The van der Waals surface area contributed by atoms with Gasteiger partial charge in [0, 0.05) is 38.4 Å². The molecule has 5 aromatic rings. The molecule has 0 radical (unpaired) electrons. The van der Waals surface area contributed by atoms with Crippen LogP contribution in [0.15, 0.2) is 101 Å². The zero-order chi connectivity index (χ0) is 26.8. The molecule has 7 heteroatoms. The van der Waals surface area contributed by atoms with Gasteiger partial charge in [-0.3, -0.25) is 4.79 Å². The fraction of sp³-hybridized carbons (Fsp3) is 0.0968. The molecule has 0 fully saturated rings. The largest absolute Gasteiger partial charge is 0.315 e. The van der Waals surface area contributed by atoms with Crippen LogP contribution in [0.1, 0.15) is 33.0 Å². The van der Waals surface area contributed by atoms with Crippen molar-refractivity contribution in [2.24, 2.45) is 5.10 Å². The van der Waals surface area contributed by atoms with Gasteiger partial charge >= 0.3 is 0 Å². The van der Waals surface area contributed by atoms with Crippen molar-refractivity contribution >= 4 is 28.1 Å². The van der Waals surface area contributed by atoms with Crippen molar-refractivity contribution in [2.75, 3.05) is 0 Å². The number of aryl methyl sites for hydroxylation is 2. The third kappa shape index (κ3) is 4.97. The van der Waals surface area contributed by atoms with Crippen molar-refractivity contribution in [2.45, 2.75) is 20.8 Å². The van der Waals surface area contributed by atoms with Gasteiger partial charge in [-0.2, -0.15) is 5.10 Å². The molecule has 3 aromatic carbocycles. The summed E-state index contributed by atoms with van der Waals surface area (Å²) in [6, 6.07) is 28.7. The van der Waals surface area contributed by atoms with Gasteiger partial charge in [0.2, 0.25) is 0 Å². The van der Waals surface area contributed by atoms with Crippen molar-refractivity contribution in [1.29, 1.82) is 0 Å². The molecule has 1 amide bonds. The van der Waals surface area contributed by atoms with E-state index in [1.807, 2.05) is 54.8 Å². The fourth-order valence-electron chi connectivity index (χ4n) is 4.65. The number of nitrogens with one attached hydrogen (secondary N) is 1. The van der Waals surface area contributed by atoms with Crippen molar-refractivity contribution in [3.8, 4) is 22.6 Å². The first kappa shape index (κ1) is 25.4. The molecule has 0 bridgehead atoms. The second-order valence-electron chi connectivity index (χ2n) is 9.07. The molecule has 0 saturated carbocycles. The molecule has 1 N–H and O–H groups in total. The Bertz CT molecular complexity index is 1650. The molecule has 0 unspecified atom stereocenters. The number of amides is 1. The van der Waals surface area contributed by atoms with Gasteiger partial charge in [-0.25, -0.2) is 9.82 Å². The molecule has 0 aliphatic rings. The minimum absolute atomic E-state index is 0.312. The average Bonchev–Trinajstić information content (AvgIpc) is 3.43. The maximum atomic E-state index is 14.6. The van der Waals surface area contributed by atoms with E-state index in [0.717, 1.165) is 39.6 Å². The summed E-state index contributed by atoms with van der Waals surface area (Å²) in [4.78, 5) is 12.8. The molecule has 0 saturated heterocycles. The molecule has 0 aliphatic heterocycles. The maximum absolute atomic E-state index is 14.6. The van der Waals surface area contributed by atoms with E-state index in [4.69, 9.17) is 0 Å². The summed E-state index contributed by atoms with van der Waals surface area (Å²) in [5.74, 6) is -0.638. The van der Waals surface area contributed by atoms with Crippen LogP contribution < -0.4 is 5.43 Å². The first-order valence-electron chi connectivity index (χ1n) is 12.2. The average molecular weight is 569 g/mol. The highest BCUT2D eigenvalue weighted by Gasteiger charge is 2.14. The van der Waals surface area contributed by atoms with E-state index in [1.54, 1.807) is 30.5 Å². The topological polar surface area (TPSA) is 51.3 Å². The van der Waals surface area contributed by atoms with Crippen LogP contribution in [0.3, 0.4) is 0 Å². The van der Waals surface area contributed by atoms with Gasteiger partial charge in [0.1, 0.15) is 5.82 Å².